The second kappa shape index (κ2) is 5.54. The third-order valence-corrected chi connectivity index (χ3v) is 2.66. The number of halogens is 1. The molecule has 2 rings (SSSR count). The van der Waals surface area contributed by atoms with Crippen LogP contribution in [-0.4, -0.2) is 15.8 Å². The maximum Gasteiger partial charge on any atom is 0.292 e. The molecule has 0 aliphatic carbocycles. The van der Waals surface area contributed by atoms with Gasteiger partial charge in [-0.2, -0.15) is 0 Å². The summed E-state index contributed by atoms with van der Waals surface area (Å²) in [6.07, 6.45) is 1.32. The lowest BCUT2D eigenvalue weighted by Crippen LogP contribution is -2.14. The van der Waals surface area contributed by atoms with Gasteiger partial charge in [0, 0.05) is 11.1 Å². The number of pyridine rings is 1. The van der Waals surface area contributed by atoms with Crippen molar-refractivity contribution in [2.24, 2.45) is 0 Å². The third kappa shape index (κ3) is 3.01. The highest BCUT2D eigenvalue weighted by atomic mass is 35.5. The molecular formula is C12H9ClN4O3. The van der Waals surface area contributed by atoms with E-state index in [0.717, 1.165) is 0 Å². The molecule has 7 nitrogen and oxygen atoms in total. The Morgan fingerprint density at radius 2 is 2.10 bits per heavy atom. The van der Waals surface area contributed by atoms with Crippen molar-refractivity contribution in [1.82, 2.24) is 4.98 Å². The molecule has 8 heteroatoms. The number of benzene rings is 1. The van der Waals surface area contributed by atoms with Crippen LogP contribution in [0.15, 0.2) is 36.5 Å². The third-order valence-electron chi connectivity index (χ3n) is 2.42. The molecule has 0 fully saturated rings. The molecule has 0 aliphatic rings. The summed E-state index contributed by atoms with van der Waals surface area (Å²) in [6, 6.07) is 6.81. The number of carbonyl (C=O) groups is 1. The van der Waals surface area contributed by atoms with Crippen molar-refractivity contribution in [3.63, 3.8) is 0 Å². The van der Waals surface area contributed by atoms with Crippen LogP contribution in [0.1, 0.15) is 10.5 Å². The van der Waals surface area contributed by atoms with Crippen LogP contribution in [0, 0.1) is 10.1 Å². The van der Waals surface area contributed by atoms with E-state index in [1.807, 2.05) is 0 Å². The predicted molar refractivity (Wildman–Crippen MR) is 74.7 cm³/mol. The quantitative estimate of drug-likeness (QED) is 0.667. The molecule has 1 aromatic carbocycles. The van der Waals surface area contributed by atoms with Gasteiger partial charge < -0.3 is 11.1 Å². The molecule has 102 valence electrons. The number of hydrogen-bond donors (Lipinski definition) is 2. The average Bonchev–Trinajstić information content (AvgIpc) is 2.39. The van der Waals surface area contributed by atoms with E-state index in [-0.39, 0.29) is 22.1 Å². The van der Waals surface area contributed by atoms with Crippen LogP contribution in [0.25, 0.3) is 0 Å². The molecule has 0 saturated heterocycles. The zero-order chi connectivity index (χ0) is 14.7. The molecule has 0 bridgehead atoms. The molecule has 1 heterocycles. The van der Waals surface area contributed by atoms with Crippen LogP contribution in [0.4, 0.5) is 17.1 Å². The highest BCUT2D eigenvalue weighted by Gasteiger charge is 2.17. The van der Waals surface area contributed by atoms with E-state index in [1.54, 1.807) is 0 Å². The van der Waals surface area contributed by atoms with Crippen molar-refractivity contribution in [3.8, 4) is 0 Å². The van der Waals surface area contributed by atoms with E-state index >= 15 is 0 Å². The largest absolute Gasteiger partial charge is 0.397 e. The molecule has 1 amide bonds. The summed E-state index contributed by atoms with van der Waals surface area (Å²) in [7, 11) is 0. The van der Waals surface area contributed by atoms with Crippen molar-refractivity contribution in [2.75, 3.05) is 11.1 Å². The summed E-state index contributed by atoms with van der Waals surface area (Å²) in [6.45, 7) is 0. The Bertz CT molecular complexity index is 673. The summed E-state index contributed by atoms with van der Waals surface area (Å²) in [5, 5.41) is 13.5. The van der Waals surface area contributed by atoms with Crippen molar-refractivity contribution in [1.29, 1.82) is 0 Å². The first-order valence-corrected chi connectivity index (χ1v) is 5.82. The molecule has 0 radical (unpaired) electrons. The highest BCUT2D eigenvalue weighted by Crippen LogP contribution is 2.27. The Hall–Kier alpha value is -2.67. The molecule has 2 aromatic rings. The van der Waals surface area contributed by atoms with Gasteiger partial charge in [0.1, 0.15) is 11.4 Å². The Morgan fingerprint density at radius 1 is 1.35 bits per heavy atom. The second-order valence-corrected chi connectivity index (χ2v) is 4.29. The Balaban J connectivity index is 2.29. The van der Waals surface area contributed by atoms with Gasteiger partial charge in [0.05, 0.1) is 16.8 Å². The number of amides is 1. The first-order valence-electron chi connectivity index (χ1n) is 5.44. The fourth-order valence-corrected chi connectivity index (χ4v) is 1.67. The monoisotopic (exact) mass is 292 g/mol. The number of nitro benzene ring substituents is 1. The highest BCUT2D eigenvalue weighted by molar-refractivity contribution is 6.31. The van der Waals surface area contributed by atoms with Crippen LogP contribution >= 0.6 is 11.6 Å². The van der Waals surface area contributed by atoms with Gasteiger partial charge in [0.25, 0.3) is 11.6 Å². The molecular weight excluding hydrogens is 284 g/mol. The lowest BCUT2D eigenvalue weighted by atomic mass is 10.2. The van der Waals surface area contributed by atoms with E-state index < -0.39 is 10.8 Å². The molecule has 0 unspecified atom stereocenters. The normalized spacial score (nSPS) is 10.1. The molecule has 0 aliphatic heterocycles. The van der Waals surface area contributed by atoms with Crippen LogP contribution in [0.5, 0.6) is 0 Å². The molecule has 20 heavy (non-hydrogen) atoms. The van der Waals surface area contributed by atoms with Crippen molar-refractivity contribution in [2.45, 2.75) is 0 Å². The predicted octanol–water partition coefficient (Wildman–Crippen LogP) is 2.48. The summed E-state index contributed by atoms with van der Waals surface area (Å²) < 4.78 is 0. The van der Waals surface area contributed by atoms with Crippen molar-refractivity contribution >= 4 is 34.6 Å². The zero-order valence-corrected chi connectivity index (χ0v) is 10.8. The average molecular weight is 293 g/mol. The number of nitrogen functional groups attached to an aromatic ring is 1. The number of hydrogen-bond acceptors (Lipinski definition) is 5. The van der Waals surface area contributed by atoms with Crippen LogP contribution < -0.4 is 11.1 Å². The van der Waals surface area contributed by atoms with Gasteiger partial charge in [-0.05, 0) is 24.3 Å². The van der Waals surface area contributed by atoms with Gasteiger partial charge >= 0.3 is 0 Å². The SMILES string of the molecule is Nc1ccc(C(=O)Nc2cc(Cl)ccc2[N+](=O)[O-])nc1. The van der Waals surface area contributed by atoms with E-state index in [4.69, 9.17) is 17.3 Å². The van der Waals surface area contributed by atoms with Crippen LogP contribution in [0.2, 0.25) is 5.02 Å². The summed E-state index contributed by atoms with van der Waals surface area (Å²) in [5.74, 6) is -0.588. The van der Waals surface area contributed by atoms with Crippen LogP contribution in [-0.2, 0) is 0 Å². The van der Waals surface area contributed by atoms with Gasteiger partial charge in [-0.25, -0.2) is 4.98 Å². The topological polar surface area (TPSA) is 111 Å². The molecule has 3 N–H and O–H groups in total. The Kier molecular flexibility index (Phi) is 3.81. The van der Waals surface area contributed by atoms with E-state index in [0.29, 0.717) is 5.69 Å². The Morgan fingerprint density at radius 3 is 2.70 bits per heavy atom. The lowest BCUT2D eigenvalue weighted by molar-refractivity contribution is -0.383. The van der Waals surface area contributed by atoms with Crippen molar-refractivity contribution < 1.29 is 9.72 Å². The minimum atomic E-state index is -0.609. The number of nitrogens with one attached hydrogen (secondary N) is 1. The van der Waals surface area contributed by atoms with Gasteiger partial charge in [0.15, 0.2) is 0 Å². The number of aromatic nitrogens is 1. The van der Waals surface area contributed by atoms with E-state index in [2.05, 4.69) is 10.3 Å². The first kappa shape index (κ1) is 13.8. The molecule has 0 atom stereocenters. The minimum Gasteiger partial charge on any atom is -0.397 e. The summed E-state index contributed by atoms with van der Waals surface area (Å²) >= 11 is 5.77. The number of nitrogens with zero attached hydrogens (tertiary/aromatic N) is 2. The Labute approximate surface area is 118 Å². The summed E-state index contributed by atoms with van der Waals surface area (Å²) in [5.41, 5.74) is 5.72. The maximum absolute atomic E-state index is 11.9. The summed E-state index contributed by atoms with van der Waals surface area (Å²) in [4.78, 5) is 26.0. The number of nitro groups is 1. The number of nitrogens with two attached hydrogens (primary N) is 1. The second-order valence-electron chi connectivity index (χ2n) is 3.85. The minimum absolute atomic E-state index is 0.00567. The first-order chi connectivity index (χ1) is 9.47. The van der Waals surface area contributed by atoms with Gasteiger partial charge in [-0.1, -0.05) is 11.6 Å². The maximum atomic E-state index is 11.9. The fraction of sp³-hybridized carbons (Fsp3) is 0. The number of rotatable bonds is 3. The van der Waals surface area contributed by atoms with Gasteiger partial charge in [-0.15, -0.1) is 0 Å². The fourth-order valence-electron chi connectivity index (χ4n) is 1.49. The molecule has 1 aromatic heterocycles. The smallest absolute Gasteiger partial charge is 0.292 e. The standard InChI is InChI=1S/C12H9ClN4O3/c13-7-1-4-11(17(19)20)10(5-7)16-12(18)9-3-2-8(14)6-15-9/h1-6H,14H2,(H,16,18). The lowest BCUT2D eigenvalue weighted by Gasteiger charge is -2.06. The van der Waals surface area contributed by atoms with Gasteiger partial charge in [0.2, 0.25) is 0 Å². The van der Waals surface area contributed by atoms with Crippen molar-refractivity contribution in [3.05, 3.63) is 57.4 Å². The van der Waals surface area contributed by atoms with E-state index in [1.165, 1.54) is 36.5 Å². The number of carbonyl (C=O) groups excluding carboxylic acids is 1. The molecule has 0 saturated carbocycles. The van der Waals surface area contributed by atoms with Crippen LogP contribution in [0.3, 0.4) is 0 Å². The number of anilines is 2. The molecule has 0 spiro atoms. The van der Waals surface area contributed by atoms with Gasteiger partial charge in [-0.3, -0.25) is 14.9 Å². The van der Waals surface area contributed by atoms with E-state index in [9.17, 15) is 14.9 Å². The zero-order valence-electron chi connectivity index (χ0n) is 10.0.